The number of nitrogens with one attached hydrogen (secondary N) is 2. The molecule has 0 spiro atoms. The molecule has 4 rings (SSSR count). The molecule has 0 bridgehead atoms. The molecule has 0 unspecified atom stereocenters. The van der Waals surface area contributed by atoms with Gasteiger partial charge in [-0.15, -0.1) is 5.10 Å². The number of methoxy groups -OCH3 is 3. The number of ether oxygens (including phenoxy) is 3. The van der Waals surface area contributed by atoms with Gasteiger partial charge in [-0.05, 0) is 37.3 Å². The molecule has 11 heteroatoms. The highest BCUT2D eigenvalue weighted by Crippen LogP contribution is 2.43. The van der Waals surface area contributed by atoms with Crippen LogP contribution < -0.4 is 20.1 Å². The van der Waals surface area contributed by atoms with Crippen molar-refractivity contribution in [3.05, 3.63) is 70.1 Å². The minimum absolute atomic E-state index is 0.149. The second-order valence-corrected chi connectivity index (χ2v) is 7.74. The fourth-order valence-electron chi connectivity index (χ4n) is 3.77. The SMILES string of the molecule is COC(=O)c1nc2n(n1)[C@@H](c1cccc(OC)c1OC)C(C(=O)Nc1ccc(Cl)cc1)=C(C)N2. The van der Waals surface area contributed by atoms with E-state index in [9.17, 15) is 9.59 Å². The number of hydrogen-bond donors (Lipinski definition) is 2. The number of esters is 1. The number of carbonyl (C=O) groups is 2. The third-order valence-corrected chi connectivity index (χ3v) is 5.55. The highest BCUT2D eigenvalue weighted by Gasteiger charge is 2.37. The molecule has 0 aliphatic carbocycles. The average Bonchev–Trinajstić information content (AvgIpc) is 3.27. The summed E-state index contributed by atoms with van der Waals surface area (Å²) in [6, 6.07) is 11.3. The maximum Gasteiger partial charge on any atom is 0.378 e. The number of anilines is 2. The van der Waals surface area contributed by atoms with Crippen LogP contribution in [-0.2, 0) is 9.53 Å². The first kappa shape index (κ1) is 23.1. The van der Waals surface area contributed by atoms with Crippen LogP contribution in [0, 0.1) is 0 Å². The van der Waals surface area contributed by atoms with Crippen molar-refractivity contribution in [1.82, 2.24) is 14.8 Å². The summed E-state index contributed by atoms with van der Waals surface area (Å²) in [5, 5.41) is 10.8. The summed E-state index contributed by atoms with van der Waals surface area (Å²) in [4.78, 5) is 29.9. The molecule has 3 aromatic rings. The minimum Gasteiger partial charge on any atom is -0.493 e. The Bertz CT molecular complexity index is 1290. The van der Waals surface area contributed by atoms with Gasteiger partial charge in [-0.3, -0.25) is 4.79 Å². The van der Waals surface area contributed by atoms with Gasteiger partial charge in [0, 0.05) is 22.0 Å². The minimum atomic E-state index is -0.792. The van der Waals surface area contributed by atoms with Crippen LogP contribution in [0.1, 0.15) is 29.1 Å². The summed E-state index contributed by atoms with van der Waals surface area (Å²) in [5.41, 5.74) is 2.02. The van der Waals surface area contributed by atoms with Gasteiger partial charge in [0.25, 0.3) is 11.7 Å². The monoisotopic (exact) mass is 483 g/mol. The van der Waals surface area contributed by atoms with Crippen LogP contribution in [0.4, 0.5) is 11.6 Å². The summed E-state index contributed by atoms with van der Waals surface area (Å²) in [5.74, 6) is -0.0706. The Labute approximate surface area is 200 Å². The number of allylic oxidation sites excluding steroid dienone is 1. The largest absolute Gasteiger partial charge is 0.493 e. The topological polar surface area (TPSA) is 117 Å². The molecule has 176 valence electrons. The van der Waals surface area contributed by atoms with Crippen LogP contribution >= 0.6 is 11.6 Å². The van der Waals surface area contributed by atoms with E-state index >= 15 is 0 Å². The van der Waals surface area contributed by atoms with E-state index in [1.54, 1.807) is 49.4 Å². The van der Waals surface area contributed by atoms with Crippen LogP contribution in [0.25, 0.3) is 0 Å². The van der Waals surface area contributed by atoms with E-state index in [1.807, 2.05) is 0 Å². The molecule has 2 aromatic carbocycles. The van der Waals surface area contributed by atoms with Gasteiger partial charge in [0.15, 0.2) is 11.5 Å². The van der Waals surface area contributed by atoms with Crippen molar-refractivity contribution < 1.29 is 23.8 Å². The summed E-state index contributed by atoms with van der Waals surface area (Å²) in [6.45, 7) is 1.74. The zero-order chi connectivity index (χ0) is 24.4. The summed E-state index contributed by atoms with van der Waals surface area (Å²) in [7, 11) is 4.27. The van der Waals surface area contributed by atoms with E-state index in [0.29, 0.717) is 39.0 Å². The third kappa shape index (κ3) is 4.15. The van der Waals surface area contributed by atoms with Crippen LogP contribution in [0.15, 0.2) is 53.7 Å². The molecule has 1 aromatic heterocycles. The molecule has 1 aliphatic rings. The predicted molar refractivity (Wildman–Crippen MR) is 125 cm³/mol. The molecule has 1 amide bonds. The molecule has 0 radical (unpaired) electrons. The molecule has 1 aliphatic heterocycles. The second-order valence-electron chi connectivity index (χ2n) is 7.31. The number of carbonyl (C=O) groups excluding carboxylic acids is 2. The van der Waals surface area contributed by atoms with E-state index in [1.165, 1.54) is 26.0 Å². The Morgan fingerprint density at radius 3 is 2.47 bits per heavy atom. The lowest BCUT2D eigenvalue weighted by atomic mass is 9.94. The Morgan fingerprint density at radius 1 is 1.09 bits per heavy atom. The summed E-state index contributed by atoms with van der Waals surface area (Å²) >= 11 is 5.97. The molecule has 2 heterocycles. The van der Waals surface area contributed by atoms with E-state index < -0.39 is 12.0 Å². The molecule has 0 fully saturated rings. The smallest absolute Gasteiger partial charge is 0.378 e. The second kappa shape index (κ2) is 9.44. The van der Waals surface area contributed by atoms with Crippen LogP contribution in [0.5, 0.6) is 11.5 Å². The maximum absolute atomic E-state index is 13.5. The first-order valence-electron chi connectivity index (χ1n) is 10.2. The normalized spacial score (nSPS) is 14.7. The lowest BCUT2D eigenvalue weighted by Gasteiger charge is -2.29. The van der Waals surface area contributed by atoms with Crippen molar-refractivity contribution in [3.63, 3.8) is 0 Å². The quantitative estimate of drug-likeness (QED) is 0.510. The van der Waals surface area contributed by atoms with E-state index in [-0.39, 0.29) is 17.7 Å². The van der Waals surface area contributed by atoms with Crippen molar-refractivity contribution in [2.24, 2.45) is 0 Å². The fraction of sp³-hybridized carbons (Fsp3) is 0.217. The summed E-state index contributed by atoms with van der Waals surface area (Å²) < 4.78 is 17.3. The van der Waals surface area contributed by atoms with Gasteiger partial charge in [0.1, 0.15) is 6.04 Å². The molecule has 34 heavy (non-hydrogen) atoms. The lowest BCUT2D eigenvalue weighted by Crippen LogP contribution is -2.31. The number of benzene rings is 2. The van der Waals surface area contributed by atoms with Crippen molar-refractivity contribution in [2.75, 3.05) is 32.0 Å². The van der Waals surface area contributed by atoms with E-state index in [0.717, 1.165) is 0 Å². The Morgan fingerprint density at radius 2 is 1.82 bits per heavy atom. The predicted octanol–water partition coefficient (Wildman–Crippen LogP) is 3.66. The first-order valence-corrected chi connectivity index (χ1v) is 10.6. The van der Waals surface area contributed by atoms with Gasteiger partial charge in [-0.2, -0.15) is 4.98 Å². The van der Waals surface area contributed by atoms with Gasteiger partial charge < -0.3 is 24.8 Å². The number of para-hydroxylation sites is 1. The molecule has 0 saturated carbocycles. The number of hydrogen-bond acceptors (Lipinski definition) is 8. The number of fused-ring (bicyclic) bond motifs is 1. The van der Waals surface area contributed by atoms with Crippen LogP contribution in [0.3, 0.4) is 0 Å². The molecular formula is C23H22ClN5O5. The molecule has 0 saturated heterocycles. The van der Waals surface area contributed by atoms with E-state index in [4.69, 9.17) is 25.8 Å². The molecular weight excluding hydrogens is 462 g/mol. The Hall–Kier alpha value is -4.05. The third-order valence-electron chi connectivity index (χ3n) is 5.30. The Balaban J connectivity index is 1.87. The highest BCUT2D eigenvalue weighted by atomic mass is 35.5. The number of amides is 1. The number of nitrogens with zero attached hydrogens (tertiary/aromatic N) is 3. The van der Waals surface area contributed by atoms with E-state index in [2.05, 4.69) is 20.7 Å². The van der Waals surface area contributed by atoms with Gasteiger partial charge in [0.2, 0.25) is 5.95 Å². The number of halogens is 1. The van der Waals surface area contributed by atoms with Gasteiger partial charge in [-0.1, -0.05) is 23.7 Å². The maximum atomic E-state index is 13.5. The molecule has 2 N–H and O–H groups in total. The van der Waals surface area contributed by atoms with Crippen molar-refractivity contribution in [2.45, 2.75) is 13.0 Å². The molecule has 10 nitrogen and oxygen atoms in total. The van der Waals surface area contributed by atoms with Gasteiger partial charge in [-0.25, -0.2) is 9.48 Å². The van der Waals surface area contributed by atoms with Gasteiger partial charge >= 0.3 is 5.97 Å². The fourth-order valence-corrected chi connectivity index (χ4v) is 3.90. The zero-order valence-electron chi connectivity index (χ0n) is 18.9. The Kier molecular flexibility index (Phi) is 6.42. The van der Waals surface area contributed by atoms with Crippen molar-refractivity contribution >= 4 is 35.1 Å². The summed E-state index contributed by atoms with van der Waals surface area (Å²) in [6.07, 6.45) is 0. The number of aromatic nitrogens is 3. The molecule has 1 atom stereocenters. The van der Waals surface area contributed by atoms with Crippen molar-refractivity contribution in [3.8, 4) is 11.5 Å². The highest BCUT2D eigenvalue weighted by molar-refractivity contribution is 6.30. The lowest BCUT2D eigenvalue weighted by molar-refractivity contribution is -0.113. The number of rotatable bonds is 6. The average molecular weight is 484 g/mol. The first-order chi connectivity index (χ1) is 16.4. The van der Waals surface area contributed by atoms with Crippen molar-refractivity contribution in [1.29, 1.82) is 0 Å². The zero-order valence-corrected chi connectivity index (χ0v) is 19.6. The van der Waals surface area contributed by atoms with Crippen LogP contribution in [0.2, 0.25) is 5.02 Å². The van der Waals surface area contributed by atoms with Gasteiger partial charge in [0.05, 0.1) is 26.9 Å². The van der Waals surface area contributed by atoms with Crippen LogP contribution in [-0.4, -0.2) is 48.0 Å². The standard InChI is InChI=1S/C23H22ClN5O5/c1-12-17(21(30)26-14-10-8-13(24)9-11-14)18(15-6-5-7-16(32-2)19(15)33-3)29-23(25-12)27-20(28-29)22(31)34-4/h5-11,18H,1-4H3,(H,26,30)(H,25,27,28)/t18-/m0/s1.